The van der Waals surface area contributed by atoms with E-state index < -0.39 is 39.9 Å². The summed E-state index contributed by atoms with van der Waals surface area (Å²) in [6, 6.07) is 0.533. The number of nitrogens with one attached hydrogen (secondary N) is 1. The third-order valence-electron chi connectivity index (χ3n) is 2.41. The summed E-state index contributed by atoms with van der Waals surface area (Å²) in [6.07, 6.45) is 0. The van der Waals surface area contributed by atoms with Crippen LogP contribution >= 0.6 is 0 Å². The van der Waals surface area contributed by atoms with Crippen molar-refractivity contribution in [3.8, 4) is 0 Å². The molecule has 8 heteroatoms. The van der Waals surface area contributed by atoms with Crippen LogP contribution in [-0.2, 0) is 4.79 Å². The number of rotatable bonds is 4. The fraction of sp³-hybridized carbons (Fsp3) is 0.273. The summed E-state index contributed by atoms with van der Waals surface area (Å²) in [6.45, 7) is 2.47. The molecule has 0 aliphatic carbocycles. The molecule has 1 aromatic carbocycles. The van der Waals surface area contributed by atoms with Crippen molar-refractivity contribution in [3.63, 3.8) is 0 Å². The molecule has 0 aliphatic rings. The van der Waals surface area contributed by atoms with Crippen molar-refractivity contribution < 1.29 is 24.0 Å². The van der Waals surface area contributed by atoms with Gasteiger partial charge >= 0.3 is 5.97 Å². The standard InChI is InChI=1S/C11H11FN2O5/c1-5-3-7(14(18)19)4-8(9(5)12)10(15)13-6(2)11(16)17/h3-4,6H,1-2H3,(H,13,15)(H,16,17)/t6-/m0/s1. The molecule has 0 fully saturated rings. The van der Waals surface area contributed by atoms with E-state index in [0.29, 0.717) is 0 Å². The number of nitro benzene ring substituents is 1. The molecule has 19 heavy (non-hydrogen) atoms. The number of carbonyl (C=O) groups is 2. The summed E-state index contributed by atoms with van der Waals surface area (Å²) in [5.74, 6) is -3.23. The van der Waals surface area contributed by atoms with Crippen LogP contribution in [0.25, 0.3) is 0 Å². The average Bonchev–Trinajstić information content (AvgIpc) is 2.31. The van der Waals surface area contributed by atoms with Crippen LogP contribution in [0.2, 0.25) is 0 Å². The molecule has 0 saturated carbocycles. The van der Waals surface area contributed by atoms with Gasteiger partial charge in [0.05, 0.1) is 10.5 Å². The zero-order chi connectivity index (χ0) is 14.7. The summed E-state index contributed by atoms with van der Waals surface area (Å²) in [4.78, 5) is 32.1. The van der Waals surface area contributed by atoms with Crippen molar-refractivity contribution in [2.75, 3.05) is 0 Å². The highest BCUT2D eigenvalue weighted by molar-refractivity contribution is 5.97. The van der Waals surface area contributed by atoms with Crippen LogP contribution in [0.4, 0.5) is 10.1 Å². The van der Waals surface area contributed by atoms with Crippen molar-refractivity contribution >= 4 is 17.6 Å². The highest BCUT2D eigenvalue weighted by Crippen LogP contribution is 2.21. The van der Waals surface area contributed by atoms with Gasteiger partial charge in [-0.05, 0) is 19.4 Å². The second-order valence-electron chi connectivity index (χ2n) is 3.91. The molecule has 1 atom stereocenters. The Hall–Kier alpha value is -2.51. The fourth-order valence-electron chi connectivity index (χ4n) is 1.36. The van der Waals surface area contributed by atoms with Crippen LogP contribution < -0.4 is 5.32 Å². The van der Waals surface area contributed by atoms with E-state index in [0.717, 1.165) is 12.1 Å². The molecular weight excluding hydrogens is 259 g/mol. The summed E-state index contributed by atoms with van der Waals surface area (Å²) < 4.78 is 13.7. The van der Waals surface area contributed by atoms with E-state index in [1.807, 2.05) is 5.32 Å². The lowest BCUT2D eigenvalue weighted by atomic mass is 10.1. The number of carbonyl (C=O) groups excluding carboxylic acids is 1. The van der Waals surface area contributed by atoms with Crippen LogP contribution in [0.3, 0.4) is 0 Å². The Bertz CT molecular complexity index is 558. The molecule has 0 aliphatic heterocycles. The first-order valence-electron chi connectivity index (χ1n) is 5.22. The van der Waals surface area contributed by atoms with E-state index in [4.69, 9.17) is 5.11 Å². The number of amides is 1. The van der Waals surface area contributed by atoms with Gasteiger partial charge in [-0.25, -0.2) is 4.39 Å². The van der Waals surface area contributed by atoms with Gasteiger partial charge in [-0.1, -0.05) is 0 Å². The van der Waals surface area contributed by atoms with E-state index in [1.165, 1.54) is 13.8 Å². The number of nitro groups is 1. The third kappa shape index (κ3) is 3.24. The van der Waals surface area contributed by atoms with Crippen molar-refractivity contribution in [2.24, 2.45) is 0 Å². The predicted molar refractivity (Wildman–Crippen MR) is 62.4 cm³/mol. The molecule has 7 nitrogen and oxygen atoms in total. The minimum absolute atomic E-state index is 0.0673. The Labute approximate surface area is 107 Å². The van der Waals surface area contributed by atoms with E-state index in [-0.39, 0.29) is 5.56 Å². The van der Waals surface area contributed by atoms with Crippen molar-refractivity contribution in [1.29, 1.82) is 0 Å². The van der Waals surface area contributed by atoms with Crippen LogP contribution in [0.15, 0.2) is 12.1 Å². The largest absolute Gasteiger partial charge is 0.480 e. The van der Waals surface area contributed by atoms with Gasteiger partial charge in [-0.2, -0.15) is 0 Å². The molecule has 2 N–H and O–H groups in total. The molecule has 1 aromatic rings. The summed E-state index contributed by atoms with van der Waals surface area (Å²) in [7, 11) is 0. The summed E-state index contributed by atoms with van der Waals surface area (Å²) >= 11 is 0. The average molecular weight is 270 g/mol. The molecular formula is C11H11FN2O5. The predicted octanol–water partition coefficient (Wildman–Crippen LogP) is 1.25. The molecule has 0 bridgehead atoms. The first-order valence-corrected chi connectivity index (χ1v) is 5.22. The van der Waals surface area contributed by atoms with Crippen molar-refractivity contribution in [1.82, 2.24) is 5.32 Å². The number of non-ortho nitro benzene ring substituents is 1. The van der Waals surface area contributed by atoms with Crippen LogP contribution in [-0.4, -0.2) is 27.9 Å². The normalized spacial score (nSPS) is 11.7. The maximum atomic E-state index is 13.7. The van der Waals surface area contributed by atoms with Crippen LogP contribution in [0.1, 0.15) is 22.8 Å². The first-order chi connectivity index (χ1) is 8.73. The highest BCUT2D eigenvalue weighted by Gasteiger charge is 2.22. The van der Waals surface area contributed by atoms with Gasteiger partial charge in [0.25, 0.3) is 11.6 Å². The number of benzene rings is 1. The minimum Gasteiger partial charge on any atom is -0.480 e. The number of hydrogen-bond acceptors (Lipinski definition) is 4. The maximum absolute atomic E-state index is 13.7. The molecule has 1 amide bonds. The number of carboxylic acid groups (broad SMARTS) is 1. The number of hydrogen-bond donors (Lipinski definition) is 2. The van der Waals surface area contributed by atoms with Crippen molar-refractivity contribution in [3.05, 3.63) is 39.2 Å². The molecule has 0 radical (unpaired) electrons. The molecule has 0 saturated heterocycles. The maximum Gasteiger partial charge on any atom is 0.325 e. The van der Waals surface area contributed by atoms with Gasteiger partial charge in [0.1, 0.15) is 11.9 Å². The number of aliphatic carboxylic acids is 1. The summed E-state index contributed by atoms with van der Waals surface area (Å²) in [5.41, 5.74) is -1.06. The summed E-state index contributed by atoms with van der Waals surface area (Å²) in [5, 5.41) is 21.3. The lowest BCUT2D eigenvalue weighted by Crippen LogP contribution is -2.38. The SMILES string of the molecule is Cc1cc([N+](=O)[O-])cc(C(=O)N[C@@H](C)C(=O)O)c1F. The van der Waals surface area contributed by atoms with Crippen LogP contribution in [0, 0.1) is 22.9 Å². The van der Waals surface area contributed by atoms with E-state index in [1.54, 1.807) is 0 Å². The fourth-order valence-corrected chi connectivity index (χ4v) is 1.36. The third-order valence-corrected chi connectivity index (χ3v) is 2.41. The lowest BCUT2D eigenvalue weighted by molar-refractivity contribution is -0.385. The molecule has 1 rings (SSSR count). The molecule has 102 valence electrons. The van der Waals surface area contributed by atoms with E-state index in [2.05, 4.69) is 0 Å². The number of aryl methyl sites for hydroxylation is 1. The zero-order valence-electron chi connectivity index (χ0n) is 10.1. The highest BCUT2D eigenvalue weighted by atomic mass is 19.1. The lowest BCUT2D eigenvalue weighted by Gasteiger charge is -2.10. The van der Waals surface area contributed by atoms with Gasteiger partial charge in [-0.3, -0.25) is 19.7 Å². The second kappa shape index (κ2) is 5.42. The van der Waals surface area contributed by atoms with Gasteiger partial charge in [0.2, 0.25) is 0 Å². The molecule has 0 unspecified atom stereocenters. The zero-order valence-corrected chi connectivity index (χ0v) is 10.1. The second-order valence-corrected chi connectivity index (χ2v) is 3.91. The van der Waals surface area contributed by atoms with Gasteiger partial charge in [0, 0.05) is 12.1 Å². The Morgan fingerprint density at radius 3 is 2.53 bits per heavy atom. The number of nitrogens with zero attached hydrogens (tertiary/aromatic N) is 1. The Balaban J connectivity index is 3.15. The monoisotopic (exact) mass is 270 g/mol. The van der Waals surface area contributed by atoms with Gasteiger partial charge in [-0.15, -0.1) is 0 Å². The number of halogens is 1. The van der Waals surface area contributed by atoms with Crippen molar-refractivity contribution in [2.45, 2.75) is 19.9 Å². The Morgan fingerprint density at radius 2 is 2.05 bits per heavy atom. The van der Waals surface area contributed by atoms with Gasteiger partial charge in [0.15, 0.2) is 0 Å². The number of carboxylic acids is 1. The smallest absolute Gasteiger partial charge is 0.325 e. The first kappa shape index (κ1) is 14.6. The topological polar surface area (TPSA) is 110 Å². The van der Waals surface area contributed by atoms with E-state index in [9.17, 15) is 24.1 Å². The van der Waals surface area contributed by atoms with Crippen LogP contribution in [0.5, 0.6) is 0 Å². The molecule has 0 spiro atoms. The Morgan fingerprint density at radius 1 is 1.47 bits per heavy atom. The Kier molecular flexibility index (Phi) is 4.15. The molecule has 0 heterocycles. The molecule has 0 aromatic heterocycles. The van der Waals surface area contributed by atoms with Gasteiger partial charge < -0.3 is 10.4 Å². The minimum atomic E-state index is -1.30. The quantitative estimate of drug-likeness (QED) is 0.632. The van der Waals surface area contributed by atoms with E-state index >= 15 is 0 Å².